The molecular formula is C44H30N2OS. The van der Waals surface area contributed by atoms with E-state index in [1.165, 1.54) is 42.4 Å². The van der Waals surface area contributed by atoms with Crippen LogP contribution < -0.4 is 4.90 Å². The van der Waals surface area contributed by atoms with E-state index in [1.807, 2.05) is 41.7 Å². The third kappa shape index (κ3) is 4.03. The molecule has 0 radical (unpaired) electrons. The summed E-state index contributed by atoms with van der Waals surface area (Å²) in [5, 5.41) is 4.77. The predicted molar refractivity (Wildman–Crippen MR) is 202 cm³/mol. The van der Waals surface area contributed by atoms with Crippen LogP contribution in [0.3, 0.4) is 0 Å². The molecule has 0 aliphatic heterocycles. The number of hydrogen-bond acceptors (Lipinski definition) is 4. The van der Waals surface area contributed by atoms with Crippen LogP contribution in [0.2, 0.25) is 0 Å². The van der Waals surface area contributed by atoms with Crippen molar-refractivity contribution in [3.05, 3.63) is 157 Å². The normalized spacial score (nSPS) is 13.4. The van der Waals surface area contributed by atoms with E-state index in [0.29, 0.717) is 5.89 Å². The monoisotopic (exact) mass is 634 g/mol. The lowest BCUT2D eigenvalue weighted by Gasteiger charge is -2.28. The summed E-state index contributed by atoms with van der Waals surface area (Å²) >= 11 is 1.85. The molecule has 0 N–H and O–H groups in total. The van der Waals surface area contributed by atoms with Crippen LogP contribution >= 0.6 is 11.3 Å². The summed E-state index contributed by atoms with van der Waals surface area (Å²) in [4.78, 5) is 7.23. The first-order chi connectivity index (χ1) is 23.5. The van der Waals surface area contributed by atoms with Gasteiger partial charge in [-0.05, 0) is 94.4 Å². The molecule has 1 aliphatic carbocycles. The lowest BCUT2D eigenvalue weighted by Crippen LogP contribution is -2.16. The van der Waals surface area contributed by atoms with Crippen LogP contribution in [0.4, 0.5) is 17.1 Å². The molecule has 228 valence electrons. The fourth-order valence-electron chi connectivity index (χ4n) is 7.68. The fourth-order valence-corrected chi connectivity index (χ4v) is 8.82. The Balaban J connectivity index is 1.16. The maximum Gasteiger partial charge on any atom is 0.227 e. The topological polar surface area (TPSA) is 29.3 Å². The summed E-state index contributed by atoms with van der Waals surface area (Å²) in [6.07, 6.45) is 0. The Morgan fingerprint density at radius 2 is 1.25 bits per heavy atom. The molecule has 10 rings (SSSR count). The van der Waals surface area contributed by atoms with Crippen molar-refractivity contribution in [3.8, 4) is 22.6 Å². The van der Waals surface area contributed by atoms with Crippen molar-refractivity contribution in [3.63, 3.8) is 0 Å². The highest BCUT2D eigenvalue weighted by atomic mass is 32.1. The number of anilines is 3. The van der Waals surface area contributed by atoms with Crippen LogP contribution in [0.1, 0.15) is 25.0 Å². The Morgan fingerprint density at radius 3 is 2.15 bits per heavy atom. The molecule has 9 aromatic rings. The van der Waals surface area contributed by atoms with Gasteiger partial charge in [-0.25, -0.2) is 4.98 Å². The van der Waals surface area contributed by atoms with E-state index in [-0.39, 0.29) is 5.41 Å². The number of hydrogen-bond donors (Lipinski definition) is 0. The van der Waals surface area contributed by atoms with Crippen molar-refractivity contribution < 1.29 is 4.42 Å². The summed E-state index contributed by atoms with van der Waals surface area (Å²) in [5.41, 5.74) is 11.3. The van der Waals surface area contributed by atoms with Gasteiger partial charge in [-0.2, -0.15) is 0 Å². The van der Waals surface area contributed by atoms with Crippen molar-refractivity contribution >= 4 is 70.4 Å². The zero-order valence-electron chi connectivity index (χ0n) is 26.6. The second-order valence-electron chi connectivity index (χ2n) is 13.2. The maximum absolute atomic E-state index is 6.39. The molecule has 0 unspecified atom stereocenters. The summed E-state index contributed by atoms with van der Waals surface area (Å²) in [6, 6.07) is 52.4. The van der Waals surface area contributed by atoms with Crippen LogP contribution in [-0.4, -0.2) is 4.98 Å². The zero-order chi connectivity index (χ0) is 32.0. The van der Waals surface area contributed by atoms with Crippen molar-refractivity contribution in [2.75, 3.05) is 4.90 Å². The number of benzene rings is 7. The third-order valence-corrected chi connectivity index (χ3v) is 11.2. The van der Waals surface area contributed by atoms with E-state index < -0.39 is 0 Å². The van der Waals surface area contributed by atoms with E-state index in [2.05, 4.69) is 134 Å². The molecule has 2 heterocycles. The smallest absolute Gasteiger partial charge is 0.227 e. The third-order valence-electron chi connectivity index (χ3n) is 10.1. The SMILES string of the molecule is CC1(C)c2ccccc2-c2ccc(N(c3ccc4c(ccc5nc(-c6ccccc6)oc54)c3)c3ccc4c(c3)sc3ccccc34)cc21. The lowest BCUT2D eigenvalue weighted by atomic mass is 9.82. The van der Waals surface area contributed by atoms with Gasteiger partial charge in [-0.1, -0.05) is 92.7 Å². The number of oxazole rings is 1. The van der Waals surface area contributed by atoms with Crippen molar-refractivity contribution in [1.29, 1.82) is 0 Å². The van der Waals surface area contributed by atoms with Gasteiger partial charge in [0, 0.05) is 53.6 Å². The van der Waals surface area contributed by atoms with E-state index in [1.54, 1.807) is 0 Å². The molecule has 2 aromatic heterocycles. The molecule has 0 saturated carbocycles. The van der Waals surface area contributed by atoms with Gasteiger partial charge in [0.05, 0.1) is 0 Å². The van der Waals surface area contributed by atoms with Crippen molar-refractivity contribution in [1.82, 2.24) is 4.98 Å². The van der Waals surface area contributed by atoms with E-state index >= 15 is 0 Å². The minimum atomic E-state index is -0.0965. The van der Waals surface area contributed by atoms with Gasteiger partial charge in [0.2, 0.25) is 5.89 Å². The Hall–Kier alpha value is -5.71. The summed E-state index contributed by atoms with van der Waals surface area (Å²) in [7, 11) is 0. The minimum Gasteiger partial charge on any atom is -0.435 e. The Labute approximate surface area is 282 Å². The number of rotatable bonds is 4. The fraction of sp³-hybridized carbons (Fsp3) is 0.0682. The second-order valence-corrected chi connectivity index (χ2v) is 14.3. The van der Waals surface area contributed by atoms with Gasteiger partial charge in [0.25, 0.3) is 0 Å². The molecule has 4 heteroatoms. The second kappa shape index (κ2) is 10.1. The molecule has 0 bridgehead atoms. The van der Waals surface area contributed by atoms with Crippen LogP contribution in [-0.2, 0) is 5.41 Å². The van der Waals surface area contributed by atoms with Gasteiger partial charge >= 0.3 is 0 Å². The van der Waals surface area contributed by atoms with Crippen LogP contribution in [0.5, 0.6) is 0 Å². The average molecular weight is 635 g/mol. The highest BCUT2D eigenvalue weighted by molar-refractivity contribution is 7.25. The lowest BCUT2D eigenvalue weighted by molar-refractivity contribution is 0.623. The average Bonchev–Trinajstić information content (AvgIpc) is 3.79. The van der Waals surface area contributed by atoms with E-state index in [0.717, 1.165) is 44.5 Å². The molecule has 0 fully saturated rings. The quantitative estimate of drug-likeness (QED) is 0.193. The molecule has 0 atom stereocenters. The summed E-state index contributed by atoms with van der Waals surface area (Å²) in [5.74, 6) is 0.641. The Bertz CT molecular complexity index is 2720. The van der Waals surface area contributed by atoms with E-state index in [9.17, 15) is 0 Å². The number of nitrogens with zero attached hydrogens (tertiary/aromatic N) is 2. The molecule has 7 aromatic carbocycles. The van der Waals surface area contributed by atoms with Gasteiger partial charge in [-0.3, -0.25) is 0 Å². The van der Waals surface area contributed by atoms with Crippen molar-refractivity contribution in [2.45, 2.75) is 19.3 Å². The Kier molecular flexibility index (Phi) is 5.79. The number of fused-ring (bicyclic) bond motifs is 9. The number of thiophene rings is 1. The minimum absolute atomic E-state index is 0.0965. The molecule has 3 nitrogen and oxygen atoms in total. The van der Waals surface area contributed by atoms with Gasteiger partial charge < -0.3 is 9.32 Å². The Morgan fingerprint density at radius 1 is 0.562 bits per heavy atom. The first kappa shape index (κ1) is 27.4. The molecule has 0 saturated heterocycles. The highest BCUT2D eigenvalue weighted by Crippen LogP contribution is 2.51. The van der Waals surface area contributed by atoms with Crippen LogP contribution in [0, 0.1) is 0 Å². The summed E-state index contributed by atoms with van der Waals surface area (Å²) in [6.45, 7) is 4.69. The molecule has 0 amide bonds. The first-order valence-corrected chi connectivity index (χ1v) is 17.2. The predicted octanol–water partition coefficient (Wildman–Crippen LogP) is 12.8. The maximum atomic E-state index is 6.39. The van der Waals surface area contributed by atoms with Gasteiger partial charge in [-0.15, -0.1) is 11.3 Å². The molecule has 1 aliphatic rings. The molecule has 48 heavy (non-hydrogen) atoms. The molecular weight excluding hydrogens is 605 g/mol. The van der Waals surface area contributed by atoms with Crippen LogP contribution in [0.15, 0.2) is 150 Å². The van der Waals surface area contributed by atoms with Crippen LogP contribution in [0.25, 0.3) is 64.6 Å². The standard InChI is InChI=1S/C44H30N2OS/c1-44(2)37-14-8-6-12-33(37)34-21-18-30(25-38(34)44)46(31-19-22-36-35-13-7-9-15-40(35)48-41(36)26-31)29-17-20-32-28(24-29)16-23-39-42(32)47-43(45-39)27-10-4-3-5-11-27/h3-26H,1-2H3. The first-order valence-electron chi connectivity index (χ1n) is 16.4. The highest BCUT2D eigenvalue weighted by Gasteiger charge is 2.35. The number of aromatic nitrogens is 1. The van der Waals surface area contributed by atoms with E-state index in [4.69, 9.17) is 9.40 Å². The van der Waals surface area contributed by atoms with Gasteiger partial charge in [0.15, 0.2) is 5.58 Å². The summed E-state index contributed by atoms with van der Waals surface area (Å²) < 4.78 is 8.99. The zero-order valence-corrected chi connectivity index (χ0v) is 27.4. The van der Waals surface area contributed by atoms with Crippen molar-refractivity contribution in [2.24, 2.45) is 0 Å². The molecule has 0 spiro atoms. The largest absolute Gasteiger partial charge is 0.435 e. The van der Waals surface area contributed by atoms with Gasteiger partial charge in [0.1, 0.15) is 5.52 Å².